The van der Waals surface area contributed by atoms with Gasteiger partial charge in [0.1, 0.15) is 0 Å². The fraction of sp³-hybridized carbons (Fsp3) is 0.545. The summed E-state index contributed by atoms with van der Waals surface area (Å²) in [7, 11) is 3.24. The molecule has 1 aliphatic rings. The van der Waals surface area contributed by atoms with Gasteiger partial charge in [-0.15, -0.1) is 0 Å². The van der Waals surface area contributed by atoms with Crippen molar-refractivity contribution in [2.75, 3.05) is 20.8 Å². The molecule has 1 aromatic rings. The molecule has 2 heterocycles. The largest absolute Gasteiger partial charge is 0.481 e. The SMILES string of the molecule is COc1cc(C2CCCN2)cc(OC)n1. The Morgan fingerprint density at radius 1 is 1.27 bits per heavy atom. The van der Waals surface area contributed by atoms with Crippen LogP contribution in [0, 0.1) is 0 Å². The van der Waals surface area contributed by atoms with Gasteiger partial charge >= 0.3 is 0 Å². The summed E-state index contributed by atoms with van der Waals surface area (Å²) in [6, 6.07) is 4.34. The highest BCUT2D eigenvalue weighted by molar-refractivity contribution is 5.31. The molecule has 0 saturated carbocycles. The zero-order valence-corrected chi connectivity index (χ0v) is 9.12. The Labute approximate surface area is 89.6 Å². The monoisotopic (exact) mass is 208 g/mol. The third kappa shape index (κ3) is 2.21. The molecule has 0 amide bonds. The first-order chi connectivity index (χ1) is 7.33. The highest BCUT2D eigenvalue weighted by Gasteiger charge is 2.18. The predicted molar refractivity (Wildman–Crippen MR) is 57.3 cm³/mol. The molecule has 4 heteroatoms. The zero-order valence-electron chi connectivity index (χ0n) is 9.12. The second-order valence-corrected chi connectivity index (χ2v) is 3.63. The van der Waals surface area contributed by atoms with Crippen molar-refractivity contribution >= 4 is 0 Å². The van der Waals surface area contributed by atoms with Crippen LogP contribution < -0.4 is 14.8 Å². The smallest absolute Gasteiger partial charge is 0.216 e. The average molecular weight is 208 g/mol. The van der Waals surface area contributed by atoms with E-state index in [9.17, 15) is 0 Å². The molecule has 15 heavy (non-hydrogen) atoms. The van der Waals surface area contributed by atoms with Crippen LogP contribution in [0.2, 0.25) is 0 Å². The van der Waals surface area contributed by atoms with Gasteiger partial charge in [0.15, 0.2) is 0 Å². The number of methoxy groups -OCH3 is 2. The molecule has 1 aliphatic heterocycles. The molecule has 1 N–H and O–H groups in total. The lowest BCUT2D eigenvalue weighted by molar-refractivity contribution is 0.362. The van der Waals surface area contributed by atoms with Gasteiger partial charge < -0.3 is 14.8 Å². The van der Waals surface area contributed by atoms with E-state index in [0.717, 1.165) is 13.0 Å². The third-order valence-corrected chi connectivity index (χ3v) is 2.68. The summed E-state index contributed by atoms with van der Waals surface area (Å²) in [5.74, 6) is 1.22. The normalized spacial score (nSPS) is 20.3. The van der Waals surface area contributed by atoms with Crippen LogP contribution in [0.25, 0.3) is 0 Å². The third-order valence-electron chi connectivity index (χ3n) is 2.68. The summed E-state index contributed by atoms with van der Waals surface area (Å²) in [6.07, 6.45) is 2.38. The second kappa shape index (κ2) is 4.49. The van der Waals surface area contributed by atoms with Crippen LogP contribution in [-0.2, 0) is 0 Å². The number of nitrogens with zero attached hydrogens (tertiary/aromatic N) is 1. The molecule has 1 atom stereocenters. The Kier molecular flexibility index (Phi) is 3.06. The Morgan fingerprint density at radius 2 is 1.93 bits per heavy atom. The number of ether oxygens (including phenoxy) is 2. The molecule has 4 nitrogen and oxygen atoms in total. The summed E-state index contributed by atoms with van der Waals surface area (Å²) in [5, 5.41) is 3.44. The van der Waals surface area contributed by atoms with Crippen LogP contribution in [-0.4, -0.2) is 25.7 Å². The van der Waals surface area contributed by atoms with Gasteiger partial charge in [0.05, 0.1) is 14.2 Å². The predicted octanol–water partition coefficient (Wildman–Crippen LogP) is 1.52. The number of rotatable bonds is 3. The standard InChI is InChI=1S/C11H16N2O2/c1-14-10-6-8(7-11(13-10)15-2)9-4-3-5-12-9/h6-7,9,12H,3-5H2,1-2H3. The van der Waals surface area contributed by atoms with Crippen molar-refractivity contribution in [3.8, 4) is 11.8 Å². The summed E-state index contributed by atoms with van der Waals surface area (Å²) in [4.78, 5) is 4.17. The molecule has 1 unspecified atom stereocenters. The number of hydrogen-bond donors (Lipinski definition) is 1. The minimum Gasteiger partial charge on any atom is -0.481 e. The van der Waals surface area contributed by atoms with Crippen molar-refractivity contribution in [3.63, 3.8) is 0 Å². The maximum absolute atomic E-state index is 5.14. The van der Waals surface area contributed by atoms with Crippen molar-refractivity contribution in [3.05, 3.63) is 17.7 Å². The molecule has 0 radical (unpaired) electrons. The van der Waals surface area contributed by atoms with E-state index in [1.165, 1.54) is 12.0 Å². The molecule has 1 saturated heterocycles. The molecule has 0 aliphatic carbocycles. The Bertz CT molecular complexity index is 313. The van der Waals surface area contributed by atoms with Gasteiger partial charge in [-0.25, -0.2) is 0 Å². The lowest BCUT2D eigenvalue weighted by atomic mass is 10.1. The van der Waals surface area contributed by atoms with Gasteiger partial charge in [-0.1, -0.05) is 0 Å². The molecular formula is C11H16N2O2. The fourth-order valence-corrected chi connectivity index (χ4v) is 1.88. The summed E-state index contributed by atoms with van der Waals surface area (Å²) < 4.78 is 10.3. The first-order valence-corrected chi connectivity index (χ1v) is 5.17. The van der Waals surface area contributed by atoms with Crippen molar-refractivity contribution in [2.45, 2.75) is 18.9 Å². The topological polar surface area (TPSA) is 43.4 Å². The van der Waals surface area contributed by atoms with Crippen molar-refractivity contribution in [2.24, 2.45) is 0 Å². The average Bonchev–Trinajstić information content (AvgIpc) is 2.81. The molecular weight excluding hydrogens is 192 g/mol. The molecule has 82 valence electrons. The molecule has 0 spiro atoms. The van der Waals surface area contributed by atoms with Crippen molar-refractivity contribution in [1.29, 1.82) is 0 Å². The summed E-state index contributed by atoms with van der Waals surface area (Å²) in [6.45, 7) is 1.08. The van der Waals surface area contributed by atoms with E-state index in [2.05, 4.69) is 10.3 Å². The van der Waals surface area contributed by atoms with Crippen LogP contribution in [0.4, 0.5) is 0 Å². The number of pyridine rings is 1. The van der Waals surface area contributed by atoms with Crippen molar-refractivity contribution in [1.82, 2.24) is 10.3 Å². The van der Waals surface area contributed by atoms with Crippen LogP contribution in [0.5, 0.6) is 11.8 Å². The van der Waals surface area contributed by atoms with E-state index < -0.39 is 0 Å². The molecule has 2 rings (SSSR count). The van der Waals surface area contributed by atoms with Gasteiger partial charge in [-0.2, -0.15) is 4.98 Å². The maximum atomic E-state index is 5.14. The van der Waals surface area contributed by atoms with Gasteiger partial charge in [0.25, 0.3) is 0 Å². The van der Waals surface area contributed by atoms with Crippen LogP contribution in [0.3, 0.4) is 0 Å². The lowest BCUT2D eigenvalue weighted by Crippen LogP contribution is -2.13. The van der Waals surface area contributed by atoms with E-state index in [4.69, 9.17) is 9.47 Å². The van der Waals surface area contributed by atoms with E-state index in [-0.39, 0.29) is 0 Å². The van der Waals surface area contributed by atoms with Gasteiger partial charge in [-0.3, -0.25) is 0 Å². The summed E-state index contributed by atoms with van der Waals surface area (Å²) >= 11 is 0. The second-order valence-electron chi connectivity index (χ2n) is 3.63. The Morgan fingerprint density at radius 3 is 2.40 bits per heavy atom. The van der Waals surface area contributed by atoms with Crippen LogP contribution in [0.1, 0.15) is 24.4 Å². The quantitative estimate of drug-likeness (QED) is 0.818. The lowest BCUT2D eigenvalue weighted by Gasteiger charge is -2.12. The Balaban J connectivity index is 2.28. The minimum atomic E-state index is 0.413. The van der Waals surface area contributed by atoms with E-state index >= 15 is 0 Å². The molecule has 0 aromatic carbocycles. The van der Waals surface area contributed by atoms with E-state index in [1.54, 1.807) is 14.2 Å². The van der Waals surface area contributed by atoms with Crippen LogP contribution >= 0.6 is 0 Å². The first-order valence-electron chi connectivity index (χ1n) is 5.17. The maximum Gasteiger partial charge on any atom is 0.216 e. The van der Waals surface area contributed by atoms with Gasteiger partial charge in [-0.05, 0) is 24.9 Å². The highest BCUT2D eigenvalue weighted by atomic mass is 16.5. The van der Waals surface area contributed by atoms with Crippen LogP contribution in [0.15, 0.2) is 12.1 Å². The van der Waals surface area contributed by atoms with Gasteiger partial charge in [0.2, 0.25) is 11.8 Å². The van der Waals surface area contributed by atoms with E-state index in [1.807, 2.05) is 12.1 Å². The number of aromatic nitrogens is 1. The molecule has 0 bridgehead atoms. The van der Waals surface area contributed by atoms with Crippen molar-refractivity contribution < 1.29 is 9.47 Å². The number of hydrogen-bond acceptors (Lipinski definition) is 4. The fourth-order valence-electron chi connectivity index (χ4n) is 1.88. The zero-order chi connectivity index (χ0) is 10.7. The van der Waals surface area contributed by atoms with Gasteiger partial charge in [0, 0.05) is 18.2 Å². The molecule has 1 aromatic heterocycles. The molecule has 1 fully saturated rings. The summed E-state index contributed by atoms with van der Waals surface area (Å²) in [5.41, 5.74) is 1.19. The van der Waals surface area contributed by atoms with E-state index in [0.29, 0.717) is 17.8 Å². The number of nitrogens with one attached hydrogen (secondary N) is 1. The minimum absolute atomic E-state index is 0.413. The Hall–Kier alpha value is -1.29. The highest BCUT2D eigenvalue weighted by Crippen LogP contribution is 2.27. The first kappa shape index (κ1) is 10.2.